The zero-order valence-electron chi connectivity index (χ0n) is 11.0. The first-order valence-corrected chi connectivity index (χ1v) is 5.97. The van der Waals surface area contributed by atoms with Crippen LogP contribution in [0.2, 0.25) is 0 Å². The zero-order chi connectivity index (χ0) is 12.3. The number of hydrogen-bond acceptors (Lipinski definition) is 2. The molecule has 3 nitrogen and oxygen atoms in total. The van der Waals surface area contributed by atoms with Gasteiger partial charge in [-0.15, -0.1) is 0 Å². The first-order chi connectivity index (χ1) is 7.34. The van der Waals surface area contributed by atoms with Gasteiger partial charge in [-0.1, -0.05) is 12.2 Å². The molecule has 0 radical (unpaired) electrons. The average Bonchev–Trinajstić information content (AvgIpc) is 2.60. The molecule has 0 saturated carbocycles. The lowest BCUT2D eigenvalue weighted by atomic mass is 9.85. The van der Waals surface area contributed by atoms with Crippen LogP contribution < -0.4 is 5.32 Å². The Kier molecular flexibility index (Phi) is 4.14. The molecule has 1 N–H and O–H groups in total. The highest BCUT2D eigenvalue weighted by Crippen LogP contribution is 2.24. The zero-order valence-corrected chi connectivity index (χ0v) is 11.0. The van der Waals surface area contributed by atoms with Crippen LogP contribution in [-0.4, -0.2) is 37.5 Å². The highest BCUT2D eigenvalue weighted by atomic mass is 16.2. The SMILES string of the molecule is C=C(C)C(C)(C)C(=O)NCC1CCN(C)C1. The van der Waals surface area contributed by atoms with Gasteiger partial charge in [0.15, 0.2) is 0 Å². The van der Waals surface area contributed by atoms with Gasteiger partial charge in [0.1, 0.15) is 0 Å². The van der Waals surface area contributed by atoms with Gasteiger partial charge in [-0.05, 0) is 46.7 Å². The molecule has 1 heterocycles. The third-order valence-electron chi connectivity index (χ3n) is 3.67. The summed E-state index contributed by atoms with van der Waals surface area (Å²) in [6.07, 6.45) is 1.18. The van der Waals surface area contributed by atoms with E-state index < -0.39 is 5.41 Å². The number of carbonyl (C=O) groups is 1. The number of nitrogens with zero attached hydrogens (tertiary/aromatic N) is 1. The van der Waals surface area contributed by atoms with E-state index in [2.05, 4.69) is 23.8 Å². The van der Waals surface area contributed by atoms with Crippen molar-refractivity contribution in [1.29, 1.82) is 0 Å². The quantitative estimate of drug-likeness (QED) is 0.737. The van der Waals surface area contributed by atoms with Gasteiger partial charge >= 0.3 is 0 Å². The first kappa shape index (κ1) is 13.2. The smallest absolute Gasteiger partial charge is 0.229 e. The van der Waals surface area contributed by atoms with Crippen molar-refractivity contribution < 1.29 is 4.79 Å². The van der Waals surface area contributed by atoms with Gasteiger partial charge < -0.3 is 10.2 Å². The fourth-order valence-corrected chi connectivity index (χ4v) is 1.84. The second-order valence-electron chi connectivity index (χ2n) is 5.53. The highest BCUT2D eigenvalue weighted by Gasteiger charge is 2.29. The molecule has 16 heavy (non-hydrogen) atoms. The molecule has 1 saturated heterocycles. The number of rotatable bonds is 4. The molecule has 1 unspecified atom stereocenters. The molecule has 3 heteroatoms. The molecule has 0 aromatic rings. The lowest BCUT2D eigenvalue weighted by Crippen LogP contribution is -2.40. The predicted molar refractivity (Wildman–Crippen MR) is 67.2 cm³/mol. The molecule has 92 valence electrons. The van der Waals surface area contributed by atoms with Crippen LogP contribution in [0.5, 0.6) is 0 Å². The molecular weight excluding hydrogens is 200 g/mol. The van der Waals surface area contributed by atoms with Crippen LogP contribution in [0.1, 0.15) is 27.2 Å². The van der Waals surface area contributed by atoms with Crippen LogP contribution >= 0.6 is 0 Å². The van der Waals surface area contributed by atoms with Crippen LogP contribution in [-0.2, 0) is 4.79 Å². The topological polar surface area (TPSA) is 32.3 Å². The molecule has 1 aliphatic rings. The van der Waals surface area contributed by atoms with Crippen molar-refractivity contribution in [2.45, 2.75) is 27.2 Å². The Labute approximate surface area is 98.9 Å². The molecule has 1 rings (SSSR count). The highest BCUT2D eigenvalue weighted by molar-refractivity contribution is 5.84. The molecule has 0 bridgehead atoms. The van der Waals surface area contributed by atoms with Gasteiger partial charge in [0.2, 0.25) is 5.91 Å². The fourth-order valence-electron chi connectivity index (χ4n) is 1.84. The van der Waals surface area contributed by atoms with Gasteiger partial charge in [0.05, 0.1) is 5.41 Å². The normalized spacial score (nSPS) is 22.1. The Morgan fingerprint density at radius 1 is 1.56 bits per heavy atom. The summed E-state index contributed by atoms with van der Waals surface area (Å²) in [6, 6.07) is 0. The maximum Gasteiger partial charge on any atom is 0.229 e. The number of likely N-dealkylation sites (tertiary alicyclic amines) is 1. The van der Waals surface area contributed by atoms with E-state index in [9.17, 15) is 4.79 Å². The maximum absolute atomic E-state index is 12.0. The van der Waals surface area contributed by atoms with Crippen LogP contribution in [0.15, 0.2) is 12.2 Å². The summed E-state index contributed by atoms with van der Waals surface area (Å²) in [4.78, 5) is 14.3. The van der Waals surface area contributed by atoms with Crippen molar-refractivity contribution in [2.24, 2.45) is 11.3 Å². The summed E-state index contributed by atoms with van der Waals surface area (Å²) < 4.78 is 0. The van der Waals surface area contributed by atoms with Crippen molar-refractivity contribution >= 4 is 5.91 Å². The Morgan fingerprint density at radius 2 is 2.19 bits per heavy atom. The minimum absolute atomic E-state index is 0.0922. The van der Waals surface area contributed by atoms with Crippen molar-refractivity contribution in [3.8, 4) is 0 Å². The second-order valence-corrected chi connectivity index (χ2v) is 5.53. The molecule has 0 aromatic heterocycles. The van der Waals surface area contributed by atoms with E-state index in [-0.39, 0.29) is 5.91 Å². The van der Waals surface area contributed by atoms with E-state index in [1.165, 1.54) is 6.42 Å². The van der Waals surface area contributed by atoms with Crippen molar-refractivity contribution in [3.63, 3.8) is 0 Å². The first-order valence-electron chi connectivity index (χ1n) is 5.97. The van der Waals surface area contributed by atoms with Crippen LogP contribution in [0, 0.1) is 11.3 Å². The number of nitrogens with one attached hydrogen (secondary N) is 1. The second kappa shape index (κ2) is 5.00. The van der Waals surface area contributed by atoms with E-state index in [4.69, 9.17) is 0 Å². The Morgan fingerprint density at radius 3 is 2.62 bits per heavy atom. The van der Waals surface area contributed by atoms with E-state index in [1.807, 2.05) is 20.8 Å². The summed E-state index contributed by atoms with van der Waals surface area (Å²) in [7, 11) is 2.12. The predicted octanol–water partition coefficient (Wildman–Crippen LogP) is 1.66. The summed E-state index contributed by atoms with van der Waals surface area (Å²) in [5.41, 5.74) is 0.457. The fraction of sp³-hybridized carbons (Fsp3) is 0.769. The van der Waals surface area contributed by atoms with Crippen LogP contribution in [0.25, 0.3) is 0 Å². The molecule has 0 aliphatic carbocycles. The van der Waals surface area contributed by atoms with Crippen LogP contribution in [0.3, 0.4) is 0 Å². The third-order valence-corrected chi connectivity index (χ3v) is 3.67. The molecule has 1 amide bonds. The molecule has 0 spiro atoms. The maximum atomic E-state index is 12.0. The number of hydrogen-bond donors (Lipinski definition) is 1. The Balaban J connectivity index is 2.38. The Hall–Kier alpha value is -0.830. The van der Waals surface area contributed by atoms with Gasteiger partial charge in [-0.2, -0.15) is 0 Å². The monoisotopic (exact) mass is 224 g/mol. The van der Waals surface area contributed by atoms with E-state index in [0.29, 0.717) is 5.92 Å². The molecule has 1 atom stereocenters. The number of carbonyl (C=O) groups excluding carboxylic acids is 1. The largest absolute Gasteiger partial charge is 0.355 e. The van der Waals surface area contributed by atoms with Gasteiger partial charge in [0.25, 0.3) is 0 Å². The van der Waals surface area contributed by atoms with Crippen molar-refractivity contribution in [1.82, 2.24) is 10.2 Å². The minimum Gasteiger partial charge on any atom is -0.355 e. The summed E-state index contributed by atoms with van der Waals surface area (Å²) in [6.45, 7) is 12.6. The summed E-state index contributed by atoms with van der Waals surface area (Å²) >= 11 is 0. The Bertz CT molecular complexity index is 284. The average molecular weight is 224 g/mol. The van der Waals surface area contributed by atoms with Crippen molar-refractivity contribution in [2.75, 3.05) is 26.7 Å². The molecule has 1 aliphatic heterocycles. The molecule has 0 aromatic carbocycles. The summed E-state index contributed by atoms with van der Waals surface area (Å²) in [5, 5.41) is 3.04. The standard InChI is InChI=1S/C13H24N2O/c1-10(2)13(3,4)12(16)14-8-11-6-7-15(5)9-11/h11H,1,6-9H2,2-5H3,(H,14,16). The summed E-state index contributed by atoms with van der Waals surface area (Å²) in [5.74, 6) is 0.699. The van der Waals surface area contributed by atoms with Gasteiger partial charge in [0, 0.05) is 13.1 Å². The van der Waals surface area contributed by atoms with Crippen LogP contribution in [0.4, 0.5) is 0 Å². The lowest BCUT2D eigenvalue weighted by Gasteiger charge is -2.24. The minimum atomic E-state index is -0.454. The van der Waals surface area contributed by atoms with E-state index in [0.717, 1.165) is 25.2 Å². The van der Waals surface area contributed by atoms with E-state index >= 15 is 0 Å². The van der Waals surface area contributed by atoms with E-state index in [1.54, 1.807) is 0 Å². The van der Waals surface area contributed by atoms with Gasteiger partial charge in [-0.3, -0.25) is 4.79 Å². The molecular formula is C13H24N2O. The molecule has 1 fully saturated rings. The van der Waals surface area contributed by atoms with Gasteiger partial charge in [-0.25, -0.2) is 0 Å². The lowest BCUT2D eigenvalue weighted by molar-refractivity contribution is -0.127. The third kappa shape index (κ3) is 3.08. The van der Waals surface area contributed by atoms with Crippen molar-refractivity contribution in [3.05, 3.63) is 12.2 Å². The number of amides is 1.